The predicted octanol–water partition coefficient (Wildman–Crippen LogP) is 7.72. The van der Waals surface area contributed by atoms with Crippen LogP contribution < -0.4 is 9.92 Å². The van der Waals surface area contributed by atoms with Gasteiger partial charge in [0.15, 0.2) is 0 Å². The van der Waals surface area contributed by atoms with E-state index in [4.69, 9.17) is 4.74 Å². The first-order valence-corrected chi connectivity index (χ1v) is 15.2. The lowest BCUT2D eigenvalue weighted by molar-refractivity contribution is 0.353. The molecule has 0 unspecified atom stereocenters. The Balaban J connectivity index is 1.98. The fourth-order valence-corrected chi connectivity index (χ4v) is 12.7. The van der Waals surface area contributed by atoms with Crippen molar-refractivity contribution in [2.45, 2.75) is 57.7 Å². The van der Waals surface area contributed by atoms with Gasteiger partial charge in [0.2, 0.25) is 0 Å². The van der Waals surface area contributed by atoms with E-state index in [1.165, 1.54) is 32.6 Å². The van der Waals surface area contributed by atoms with Crippen molar-refractivity contribution < 1.29 is 4.74 Å². The number of fused-ring (bicyclic) bond motifs is 3. The number of hydrogen-bond donors (Lipinski definition) is 0. The molecule has 0 atom stereocenters. The SMILES string of the molecule is C=CCOc1c(C(C)(C)C)cccc1[Si](CC)(CC)C1c2ccsc2-c2sccc21. The van der Waals surface area contributed by atoms with Crippen molar-refractivity contribution in [3.05, 3.63) is 70.4 Å². The van der Waals surface area contributed by atoms with Crippen molar-refractivity contribution in [1.82, 2.24) is 0 Å². The second-order valence-electron chi connectivity index (χ2n) is 9.24. The average molecular weight is 453 g/mol. The largest absolute Gasteiger partial charge is 0.489 e. The Labute approximate surface area is 190 Å². The fraction of sp³-hybridized carbons (Fsp3) is 0.385. The smallest absolute Gasteiger partial charge is 0.122 e. The number of thiophene rings is 2. The van der Waals surface area contributed by atoms with Crippen LogP contribution in [0.2, 0.25) is 12.1 Å². The molecule has 0 bridgehead atoms. The van der Waals surface area contributed by atoms with Crippen LogP contribution in [0.5, 0.6) is 5.75 Å². The number of benzene rings is 1. The summed E-state index contributed by atoms with van der Waals surface area (Å²) in [6.07, 6.45) is 1.87. The maximum Gasteiger partial charge on any atom is 0.122 e. The zero-order chi connectivity index (χ0) is 21.5. The molecular weight excluding hydrogens is 421 g/mol. The number of para-hydroxylation sites is 1. The Morgan fingerprint density at radius 1 is 1.00 bits per heavy atom. The van der Waals surface area contributed by atoms with Crippen LogP contribution in [0.1, 0.15) is 56.9 Å². The maximum absolute atomic E-state index is 6.47. The van der Waals surface area contributed by atoms with Gasteiger partial charge in [-0.3, -0.25) is 0 Å². The Morgan fingerprint density at radius 3 is 2.10 bits per heavy atom. The monoisotopic (exact) mass is 452 g/mol. The van der Waals surface area contributed by atoms with E-state index in [1.54, 1.807) is 11.1 Å². The quantitative estimate of drug-likeness (QED) is 0.263. The third-order valence-corrected chi connectivity index (χ3v) is 14.5. The summed E-state index contributed by atoms with van der Waals surface area (Å²) in [6, 6.07) is 14.1. The van der Waals surface area contributed by atoms with Gasteiger partial charge < -0.3 is 4.74 Å². The molecule has 3 aromatic rings. The van der Waals surface area contributed by atoms with Gasteiger partial charge in [-0.2, -0.15) is 0 Å². The summed E-state index contributed by atoms with van der Waals surface area (Å²) in [7, 11) is -1.97. The lowest BCUT2D eigenvalue weighted by Crippen LogP contribution is -2.53. The molecular formula is C26H32OS2Si. The lowest BCUT2D eigenvalue weighted by atomic mass is 9.86. The van der Waals surface area contributed by atoms with Crippen LogP contribution >= 0.6 is 22.7 Å². The van der Waals surface area contributed by atoms with E-state index in [-0.39, 0.29) is 5.41 Å². The third-order valence-electron chi connectivity index (χ3n) is 6.74. The number of rotatable bonds is 7. The molecule has 0 radical (unpaired) electrons. The summed E-state index contributed by atoms with van der Waals surface area (Å²) in [5, 5.41) is 6.06. The van der Waals surface area contributed by atoms with E-state index in [2.05, 4.69) is 82.3 Å². The maximum atomic E-state index is 6.47. The van der Waals surface area contributed by atoms with Gasteiger partial charge in [0, 0.05) is 15.3 Å². The van der Waals surface area contributed by atoms with Crippen molar-refractivity contribution in [3.8, 4) is 15.5 Å². The normalized spacial score (nSPS) is 13.9. The van der Waals surface area contributed by atoms with Gasteiger partial charge in [-0.25, -0.2) is 0 Å². The van der Waals surface area contributed by atoms with Crippen LogP contribution in [0.25, 0.3) is 9.75 Å². The molecule has 0 amide bonds. The summed E-state index contributed by atoms with van der Waals surface area (Å²) in [5.41, 5.74) is 4.98. The van der Waals surface area contributed by atoms with Crippen LogP contribution in [0.15, 0.2) is 53.7 Å². The summed E-state index contributed by atoms with van der Waals surface area (Å²) >= 11 is 3.82. The van der Waals surface area contributed by atoms with E-state index in [1.807, 2.05) is 28.7 Å². The van der Waals surface area contributed by atoms with Gasteiger partial charge in [0.05, 0.1) is 0 Å². The minimum Gasteiger partial charge on any atom is -0.489 e. The Morgan fingerprint density at radius 2 is 1.60 bits per heavy atom. The molecule has 158 valence electrons. The molecule has 2 aromatic heterocycles. The predicted molar refractivity (Wildman–Crippen MR) is 137 cm³/mol. The molecule has 1 aromatic carbocycles. The fourth-order valence-electron chi connectivity index (χ4n) is 5.24. The highest BCUT2D eigenvalue weighted by molar-refractivity contribution is 7.21. The Bertz CT molecular complexity index is 1010. The summed E-state index contributed by atoms with van der Waals surface area (Å²) in [5.74, 6) is 1.13. The molecule has 4 heteroatoms. The molecule has 0 N–H and O–H groups in total. The highest BCUT2D eigenvalue weighted by atomic mass is 32.1. The van der Waals surface area contributed by atoms with Crippen molar-refractivity contribution in [2.24, 2.45) is 0 Å². The molecule has 1 aliphatic rings. The third kappa shape index (κ3) is 3.24. The summed E-state index contributed by atoms with van der Waals surface area (Å²) in [4.78, 5) is 3.01. The first-order valence-electron chi connectivity index (χ1n) is 10.9. The van der Waals surface area contributed by atoms with Crippen LogP contribution in [0.4, 0.5) is 0 Å². The molecule has 1 nitrogen and oxygen atoms in total. The van der Waals surface area contributed by atoms with Crippen LogP contribution in [0, 0.1) is 0 Å². The molecule has 0 fully saturated rings. The van der Waals surface area contributed by atoms with E-state index >= 15 is 0 Å². The summed E-state index contributed by atoms with van der Waals surface area (Å²) < 4.78 is 6.47. The van der Waals surface area contributed by atoms with Gasteiger partial charge in [-0.1, -0.05) is 77.6 Å². The van der Waals surface area contributed by atoms with Crippen molar-refractivity contribution in [3.63, 3.8) is 0 Å². The minimum atomic E-state index is -1.97. The van der Waals surface area contributed by atoms with Gasteiger partial charge >= 0.3 is 0 Å². The second-order valence-corrected chi connectivity index (χ2v) is 15.9. The second kappa shape index (κ2) is 8.14. The lowest BCUT2D eigenvalue weighted by Gasteiger charge is -2.39. The molecule has 0 saturated heterocycles. The molecule has 30 heavy (non-hydrogen) atoms. The van der Waals surface area contributed by atoms with Crippen molar-refractivity contribution >= 4 is 35.9 Å². The highest BCUT2D eigenvalue weighted by Gasteiger charge is 2.49. The molecule has 0 aliphatic heterocycles. The van der Waals surface area contributed by atoms with E-state index in [0.717, 1.165) is 5.75 Å². The standard InChI is InChI=1S/C26H32OS2Si/c1-7-15-27-22-20(26(4,5)6)11-10-12-21(22)30(8-2,9-3)25-18-13-16-28-23(18)24-19(25)14-17-29-24/h7,10-14,16-17,25H,1,8-9,15H2,2-6H3. The first-order chi connectivity index (χ1) is 14.4. The number of hydrogen-bond acceptors (Lipinski definition) is 3. The van der Waals surface area contributed by atoms with Gasteiger partial charge in [0.1, 0.15) is 20.4 Å². The Hall–Kier alpha value is -1.62. The van der Waals surface area contributed by atoms with Gasteiger partial charge in [-0.05, 0) is 50.2 Å². The van der Waals surface area contributed by atoms with Crippen LogP contribution in [-0.4, -0.2) is 14.7 Å². The molecule has 0 saturated carbocycles. The molecule has 2 heterocycles. The van der Waals surface area contributed by atoms with E-state index in [9.17, 15) is 0 Å². The van der Waals surface area contributed by atoms with E-state index in [0.29, 0.717) is 12.1 Å². The summed E-state index contributed by atoms with van der Waals surface area (Å²) in [6.45, 7) is 16.2. The average Bonchev–Trinajstić information content (AvgIpc) is 3.43. The van der Waals surface area contributed by atoms with Crippen molar-refractivity contribution in [2.75, 3.05) is 6.61 Å². The molecule has 1 aliphatic carbocycles. The zero-order valence-corrected chi connectivity index (χ0v) is 21.4. The van der Waals surface area contributed by atoms with E-state index < -0.39 is 8.07 Å². The molecule has 4 rings (SSSR count). The molecule has 0 spiro atoms. The number of ether oxygens (including phenoxy) is 1. The van der Waals surface area contributed by atoms with Crippen molar-refractivity contribution in [1.29, 1.82) is 0 Å². The minimum absolute atomic E-state index is 0.0326. The topological polar surface area (TPSA) is 9.23 Å². The van der Waals surface area contributed by atoms with Crippen LogP contribution in [0.3, 0.4) is 0 Å². The van der Waals surface area contributed by atoms with Gasteiger partial charge in [0.25, 0.3) is 0 Å². The first kappa shape index (κ1) is 21.6. The Kier molecular flexibility index (Phi) is 5.86. The van der Waals surface area contributed by atoms with Gasteiger partial charge in [-0.15, -0.1) is 22.7 Å². The zero-order valence-electron chi connectivity index (χ0n) is 18.7. The van der Waals surface area contributed by atoms with Crippen LogP contribution in [-0.2, 0) is 5.41 Å². The highest BCUT2D eigenvalue weighted by Crippen LogP contribution is 2.55.